The molecule has 0 aliphatic rings. The SMILES string of the molecule is Clc1cc(COc2ccc3cccnc3c2)ccn1. The maximum absolute atomic E-state index is 5.83. The summed E-state index contributed by atoms with van der Waals surface area (Å²) < 4.78 is 5.73. The second-order valence-corrected chi connectivity index (χ2v) is 4.52. The van der Waals surface area contributed by atoms with Crippen LogP contribution in [0.2, 0.25) is 5.15 Å². The summed E-state index contributed by atoms with van der Waals surface area (Å²) in [6.07, 6.45) is 3.44. The van der Waals surface area contributed by atoms with Gasteiger partial charge in [-0.2, -0.15) is 0 Å². The van der Waals surface area contributed by atoms with Crippen molar-refractivity contribution < 1.29 is 4.74 Å². The van der Waals surface area contributed by atoms with Crippen LogP contribution < -0.4 is 4.74 Å². The van der Waals surface area contributed by atoms with Crippen molar-refractivity contribution in [2.45, 2.75) is 6.61 Å². The van der Waals surface area contributed by atoms with Crippen LogP contribution in [-0.2, 0) is 6.61 Å². The summed E-state index contributed by atoms with van der Waals surface area (Å²) >= 11 is 5.83. The smallest absolute Gasteiger partial charge is 0.129 e. The fourth-order valence-electron chi connectivity index (χ4n) is 1.84. The first-order chi connectivity index (χ1) is 9.31. The molecule has 3 aromatic rings. The average Bonchev–Trinajstić information content (AvgIpc) is 2.45. The molecule has 0 aliphatic carbocycles. The second-order valence-electron chi connectivity index (χ2n) is 4.13. The molecule has 19 heavy (non-hydrogen) atoms. The van der Waals surface area contributed by atoms with Crippen LogP contribution in [0.4, 0.5) is 0 Å². The molecule has 2 heterocycles. The average molecular weight is 271 g/mol. The zero-order valence-electron chi connectivity index (χ0n) is 10.1. The van der Waals surface area contributed by atoms with E-state index in [1.165, 1.54) is 0 Å². The van der Waals surface area contributed by atoms with Crippen LogP contribution >= 0.6 is 11.6 Å². The van der Waals surface area contributed by atoms with E-state index in [1.54, 1.807) is 18.5 Å². The highest BCUT2D eigenvalue weighted by Crippen LogP contribution is 2.20. The minimum Gasteiger partial charge on any atom is -0.489 e. The number of hydrogen-bond acceptors (Lipinski definition) is 3. The third-order valence-electron chi connectivity index (χ3n) is 2.77. The van der Waals surface area contributed by atoms with Crippen LogP contribution in [0.15, 0.2) is 54.9 Å². The largest absolute Gasteiger partial charge is 0.489 e. The number of hydrogen-bond donors (Lipinski definition) is 0. The molecule has 2 aromatic heterocycles. The molecule has 0 saturated heterocycles. The first kappa shape index (κ1) is 11.9. The summed E-state index contributed by atoms with van der Waals surface area (Å²) in [5.74, 6) is 0.791. The molecule has 0 amide bonds. The first-order valence-electron chi connectivity index (χ1n) is 5.89. The van der Waals surface area contributed by atoms with E-state index in [0.717, 1.165) is 22.2 Å². The molecule has 3 rings (SSSR count). The summed E-state index contributed by atoms with van der Waals surface area (Å²) in [7, 11) is 0. The van der Waals surface area contributed by atoms with E-state index in [1.807, 2.05) is 36.4 Å². The van der Waals surface area contributed by atoms with Crippen LogP contribution in [0, 0.1) is 0 Å². The molecule has 0 radical (unpaired) electrons. The summed E-state index contributed by atoms with van der Waals surface area (Å²) in [6, 6.07) is 13.5. The molecule has 4 heteroatoms. The lowest BCUT2D eigenvalue weighted by Gasteiger charge is -2.07. The van der Waals surface area contributed by atoms with E-state index >= 15 is 0 Å². The highest BCUT2D eigenvalue weighted by Gasteiger charge is 2.00. The van der Waals surface area contributed by atoms with Gasteiger partial charge in [0.1, 0.15) is 17.5 Å². The molecule has 3 nitrogen and oxygen atoms in total. The number of pyridine rings is 2. The van der Waals surface area contributed by atoms with Gasteiger partial charge in [-0.3, -0.25) is 4.98 Å². The molecular weight excluding hydrogens is 260 g/mol. The summed E-state index contributed by atoms with van der Waals surface area (Å²) in [5, 5.41) is 1.57. The molecule has 0 saturated carbocycles. The van der Waals surface area contributed by atoms with Gasteiger partial charge in [-0.1, -0.05) is 17.7 Å². The molecule has 0 spiro atoms. The van der Waals surface area contributed by atoms with E-state index in [0.29, 0.717) is 11.8 Å². The lowest BCUT2D eigenvalue weighted by atomic mass is 10.2. The minimum absolute atomic E-state index is 0.459. The van der Waals surface area contributed by atoms with Crippen molar-refractivity contribution in [3.05, 3.63) is 65.6 Å². The lowest BCUT2D eigenvalue weighted by molar-refractivity contribution is 0.306. The number of halogens is 1. The van der Waals surface area contributed by atoms with Crippen molar-refractivity contribution in [1.82, 2.24) is 9.97 Å². The van der Waals surface area contributed by atoms with Crippen molar-refractivity contribution >= 4 is 22.5 Å². The molecule has 0 N–H and O–H groups in total. The number of aromatic nitrogens is 2. The molecular formula is C15H11ClN2O. The minimum atomic E-state index is 0.459. The van der Waals surface area contributed by atoms with Gasteiger partial charge in [0.05, 0.1) is 5.52 Å². The number of rotatable bonds is 3. The fourth-order valence-corrected chi connectivity index (χ4v) is 2.03. The Morgan fingerprint density at radius 3 is 2.84 bits per heavy atom. The van der Waals surface area contributed by atoms with Gasteiger partial charge >= 0.3 is 0 Å². The molecule has 0 bridgehead atoms. The second kappa shape index (κ2) is 5.24. The molecule has 94 valence electrons. The number of nitrogens with zero attached hydrogens (tertiary/aromatic N) is 2. The van der Waals surface area contributed by atoms with Gasteiger partial charge in [-0.25, -0.2) is 4.98 Å². The topological polar surface area (TPSA) is 35.0 Å². The van der Waals surface area contributed by atoms with Crippen molar-refractivity contribution in [3.63, 3.8) is 0 Å². The lowest BCUT2D eigenvalue weighted by Crippen LogP contribution is -1.96. The normalized spacial score (nSPS) is 10.6. The van der Waals surface area contributed by atoms with Gasteiger partial charge in [-0.05, 0) is 35.9 Å². The summed E-state index contributed by atoms with van der Waals surface area (Å²) in [5.41, 5.74) is 1.91. The molecule has 1 aromatic carbocycles. The van der Waals surface area contributed by atoms with Crippen molar-refractivity contribution in [1.29, 1.82) is 0 Å². The van der Waals surface area contributed by atoms with E-state index in [2.05, 4.69) is 9.97 Å². The Labute approximate surface area is 115 Å². The Morgan fingerprint density at radius 2 is 1.95 bits per heavy atom. The fraction of sp³-hybridized carbons (Fsp3) is 0.0667. The van der Waals surface area contributed by atoms with Gasteiger partial charge in [0.2, 0.25) is 0 Å². The molecule has 0 atom stereocenters. The van der Waals surface area contributed by atoms with Crippen molar-refractivity contribution in [2.24, 2.45) is 0 Å². The van der Waals surface area contributed by atoms with E-state index < -0.39 is 0 Å². The highest BCUT2D eigenvalue weighted by atomic mass is 35.5. The Kier molecular flexibility index (Phi) is 3.29. The summed E-state index contributed by atoms with van der Waals surface area (Å²) in [4.78, 5) is 8.24. The van der Waals surface area contributed by atoms with Gasteiger partial charge < -0.3 is 4.74 Å². The zero-order valence-corrected chi connectivity index (χ0v) is 10.8. The van der Waals surface area contributed by atoms with Crippen LogP contribution in [0.5, 0.6) is 5.75 Å². The Balaban J connectivity index is 1.78. The van der Waals surface area contributed by atoms with Crippen LogP contribution in [-0.4, -0.2) is 9.97 Å². The molecule has 0 unspecified atom stereocenters. The maximum atomic E-state index is 5.83. The standard InChI is InChI=1S/C15H11ClN2O/c16-15-8-11(5-7-18-15)10-19-13-4-3-12-2-1-6-17-14(12)9-13/h1-9H,10H2. The monoisotopic (exact) mass is 270 g/mol. The van der Waals surface area contributed by atoms with Crippen LogP contribution in [0.3, 0.4) is 0 Å². The van der Waals surface area contributed by atoms with E-state index in [9.17, 15) is 0 Å². The zero-order chi connectivity index (χ0) is 13.1. The quantitative estimate of drug-likeness (QED) is 0.678. The Bertz CT molecular complexity index is 715. The van der Waals surface area contributed by atoms with Gasteiger partial charge in [-0.15, -0.1) is 0 Å². The number of ether oxygens (including phenoxy) is 1. The number of fused-ring (bicyclic) bond motifs is 1. The van der Waals surface area contributed by atoms with Crippen LogP contribution in [0.25, 0.3) is 10.9 Å². The predicted octanol–water partition coefficient (Wildman–Crippen LogP) is 3.86. The molecule has 0 aliphatic heterocycles. The first-order valence-corrected chi connectivity index (χ1v) is 6.27. The third-order valence-corrected chi connectivity index (χ3v) is 2.98. The van der Waals surface area contributed by atoms with Crippen LogP contribution in [0.1, 0.15) is 5.56 Å². The maximum Gasteiger partial charge on any atom is 0.129 e. The Morgan fingerprint density at radius 1 is 1.00 bits per heavy atom. The van der Waals surface area contributed by atoms with Gasteiger partial charge in [0, 0.05) is 23.8 Å². The van der Waals surface area contributed by atoms with Crippen molar-refractivity contribution in [3.8, 4) is 5.75 Å². The summed E-state index contributed by atoms with van der Waals surface area (Å²) in [6.45, 7) is 0.459. The predicted molar refractivity (Wildman–Crippen MR) is 75.3 cm³/mol. The molecule has 0 fully saturated rings. The van der Waals surface area contributed by atoms with Gasteiger partial charge in [0.15, 0.2) is 0 Å². The highest BCUT2D eigenvalue weighted by molar-refractivity contribution is 6.29. The van der Waals surface area contributed by atoms with E-state index in [-0.39, 0.29) is 0 Å². The Hall–Kier alpha value is -2.13. The van der Waals surface area contributed by atoms with Gasteiger partial charge in [0.25, 0.3) is 0 Å². The van der Waals surface area contributed by atoms with Crippen molar-refractivity contribution in [2.75, 3.05) is 0 Å². The third kappa shape index (κ3) is 2.83. The van der Waals surface area contributed by atoms with E-state index in [4.69, 9.17) is 16.3 Å². The number of benzene rings is 1.